The minimum Gasteiger partial charge on any atom is -0.493 e. The summed E-state index contributed by atoms with van der Waals surface area (Å²) in [5.74, 6) is 1.27. The molecule has 4 aromatic rings. The molecule has 0 unspecified atom stereocenters. The highest BCUT2D eigenvalue weighted by atomic mass is 79.9. The van der Waals surface area contributed by atoms with Crippen molar-refractivity contribution < 1.29 is 9.47 Å². The molecule has 182 valence electrons. The van der Waals surface area contributed by atoms with Crippen molar-refractivity contribution in [3.05, 3.63) is 105 Å². The van der Waals surface area contributed by atoms with Crippen LogP contribution in [0.25, 0.3) is 11.8 Å². The first-order valence-corrected chi connectivity index (χ1v) is 14.2. The van der Waals surface area contributed by atoms with E-state index in [9.17, 15) is 4.79 Å². The third kappa shape index (κ3) is 3.88. The second-order valence-electron chi connectivity index (χ2n) is 8.60. The van der Waals surface area contributed by atoms with Gasteiger partial charge in [0, 0.05) is 10.4 Å². The van der Waals surface area contributed by atoms with Gasteiger partial charge in [0.2, 0.25) is 0 Å². The predicted octanol–water partition coefficient (Wildman–Crippen LogP) is 5.55. The fourth-order valence-electron chi connectivity index (χ4n) is 4.98. The zero-order valence-corrected chi connectivity index (χ0v) is 23.0. The Labute approximate surface area is 224 Å². The molecule has 6 rings (SSSR count). The highest BCUT2D eigenvalue weighted by Gasteiger charge is 2.33. The predicted molar refractivity (Wildman–Crippen MR) is 149 cm³/mol. The second-order valence-corrected chi connectivity index (χ2v) is 11.4. The van der Waals surface area contributed by atoms with E-state index in [1.54, 1.807) is 18.4 Å². The van der Waals surface area contributed by atoms with Gasteiger partial charge < -0.3 is 9.47 Å². The number of hydrogen-bond donors (Lipinski definition) is 0. The highest BCUT2D eigenvalue weighted by molar-refractivity contribution is 9.10. The molecule has 0 bridgehead atoms. The Bertz CT molecular complexity index is 1680. The molecule has 1 atom stereocenters. The molecule has 0 saturated carbocycles. The van der Waals surface area contributed by atoms with Crippen molar-refractivity contribution in [2.24, 2.45) is 4.99 Å². The molecule has 0 N–H and O–H groups in total. The van der Waals surface area contributed by atoms with Crippen LogP contribution >= 0.6 is 38.6 Å². The fraction of sp³-hybridized carbons (Fsp3) is 0.214. The van der Waals surface area contributed by atoms with Crippen molar-refractivity contribution in [3.8, 4) is 11.5 Å². The van der Waals surface area contributed by atoms with Crippen LogP contribution in [0.3, 0.4) is 0 Å². The van der Waals surface area contributed by atoms with Crippen LogP contribution in [0, 0.1) is 0 Å². The molecule has 1 aliphatic heterocycles. The molecule has 2 aromatic carbocycles. The Hall–Kier alpha value is -2.94. The lowest BCUT2D eigenvalue weighted by molar-refractivity contribution is 0.309. The third-order valence-corrected chi connectivity index (χ3v) is 9.02. The van der Waals surface area contributed by atoms with Crippen LogP contribution in [0.1, 0.15) is 41.0 Å². The van der Waals surface area contributed by atoms with Gasteiger partial charge in [-0.15, -0.1) is 11.3 Å². The number of fused-ring (bicyclic) bond motifs is 3. The van der Waals surface area contributed by atoms with Gasteiger partial charge in [-0.2, -0.15) is 0 Å². The molecule has 2 aromatic heterocycles. The molecule has 1 aliphatic carbocycles. The molecule has 0 radical (unpaired) electrons. The highest BCUT2D eigenvalue weighted by Crippen LogP contribution is 2.42. The van der Waals surface area contributed by atoms with E-state index in [1.165, 1.54) is 28.0 Å². The molecular formula is C28H23BrN2O3S2. The maximum Gasteiger partial charge on any atom is 0.271 e. The van der Waals surface area contributed by atoms with Crippen LogP contribution in [-0.2, 0) is 6.42 Å². The Balaban J connectivity index is 1.56. The van der Waals surface area contributed by atoms with Gasteiger partial charge in [-0.3, -0.25) is 9.36 Å². The summed E-state index contributed by atoms with van der Waals surface area (Å²) in [5.41, 5.74) is 5.57. The number of allylic oxidation sites excluding steroid dienone is 1. The molecule has 36 heavy (non-hydrogen) atoms. The van der Waals surface area contributed by atoms with E-state index in [-0.39, 0.29) is 11.6 Å². The molecule has 0 saturated heterocycles. The topological polar surface area (TPSA) is 52.8 Å². The molecule has 5 nitrogen and oxygen atoms in total. The standard InChI is InChI=1S/C28H23BrN2O3S2/c1-3-34-26-20(29)13-16(14-21(26)33-2)15-23-27(32)31-25(22-9-6-12-35-22)19-11-10-17-7-4-5-8-18(17)24(19)30-28(31)36-23/h4-9,12-15,25H,3,10-11H2,1-2H3/t25-/m1/s1. The van der Waals surface area contributed by atoms with E-state index >= 15 is 0 Å². The Morgan fingerprint density at radius 3 is 2.83 bits per heavy atom. The molecule has 0 spiro atoms. The summed E-state index contributed by atoms with van der Waals surface area (Å²) in [6, 6.07) is 16.4. The average molecular weight is 580 g/mol. The van der Waals surface area contributed by atoms with Gasteiger partial charge in [-0.05, 0) is 82.1 Å². The van der Waals surface area contributed by atoms with Crippen molar-refractivity contribution in [1.82, 2.24) is 4.57 Å². The summed E-state index contributed by atoms with van der Waals surface area (Å²) in [6.07, 6.45) is 3.76. The minimum atomic E-state index is -0.131. The number of halogens is 1. The summed E-state index contributed by atoms with van der Waals surface area (Å²) in [4.78, 5) is 20.8. The average Bonchev–Trinajstić information content (AvgIpc) is 3.53. The zero-order valence-electron chi connectivity index (χ0n) is 19.8. The first-order valence-electron chi connectivity index (χ1n) is 11.8. The van der Waals surface area contributed by atoms with Crippen molar-refractivity contribution in [1.29, 1.82) is 0 Å². The Morgan fingerprint density at radius 1 is 1.19 bits per heavy atom. The SMILES string of the molecule is CCOc1c(Br)cc(C=c2sc3n(c2=O)[C@@H](c2cccs2)C2=C(N=3)c3ccccc3CC2)cc1OC. The number of nitrogens with zero attached hydrogens (tertiary/aromatic N) is 2. The van der Waals surface area contributed by atoms with E-state index < -0.39 is 0 Å². The molecule has 8 heteroatoms. The van der Waals surface area contributed by atoms with Gasteiger partial charge in [-0.25, -0.2) is 4.99 Å². The van der Waals surface area contributed by atoms with Crippen molar-refractivity contribution >= 4 is 50.4 Å². The van der Waals surface area contributed by atoms with Crippen LogP contribution in [-0.4, -0.2) is 18.3 Å². The second kappa shape index (κ2) is 9.50. The number of aryl methyl sites for hydroxylation is 1. The van der Waals surface area contributed by atoms with Gasteiger partial charge in [0.05, 0.1) is 34.5 Å². The summed E-state index contributed by atoms with van der Waals surface area (Å²) in [6.45, 7) is 2.46. The van der Waals surface area contributed by atoms with E-state index in [2.05, 4.69) is 57.7 Å². The first-order chi connectivity index (χ1) is 17.6. The van der Waals surface area contributed by atoms with Crippen LogP contribution in [0.2, 0.25) is 0 Å². The number of ether oxygens (including phenoxy) is 2. The number of thiophene rings is 1. The fourth-order valence-corrected chi connectivity index (χ4v) is 7.40. The van der Waals surface area contributed by atoms with Crippen molar-refractivity contribution in [3.63, 3.8) is 0 Å². The van der Waals surface area contributed by atoms with Crippen LogP contribution in [0.5, 0.6) is 11.5 Å². The van der Waals surface area contributed by atoms with Crippen LogP contribution in [0.15, 0.2) is 73.7 Å². The van der Waals surface area contributed by atoms with Gasteiger partial charge in [0.25, 0.3) is 5.56 Å². The molecule has 3 heterocycles. The molecule has 0 fully saturated rings. The Morgan fingerprint density at radius 2 is 2.06 bits per heavy atom. The van der Waals surface area contributed by atoms with Gasteiger partial charge in [-0.1, -0.05) is 41.7 Å². The van der Waals surface area contributed by atoms with Crippen LogP contribution < -0.4 is 24.4 Å². The molecule has 2 aliphatic rings. The first kappa shape index (κ1) is 23.5. The smallest absolute Gasteiger partial charge is 0.271 e. The number of benzene rings is 2. The monoisotopic (exact) mass is 578 g/mol. The lowest BCUT2D eigenvalue weighted by atomic mass is 9.85. The van der Waals surface area contributed by atoms with Crippen molar-refractivity contribution in [2.75, 3.05) is 13.7 Å². The maximum absolute atomic E-state index is 13.8. The maximum atomic E-state index is 13.8. The van der Waals surface area contributed by atoms with E-state index in [4.69, 9.17) is 14.5 Å². The quantitative estimate of drug-likeness (QED) is 0.312. The number of methoxy groups -OCH3 is 1. The lowest BCUT2D eigenvalue weighted by Gasteiger charge is -2.30. The minimum absolute atomic E-state index is 0.0217. The van der Waals surface area contributed by atoms with Crippen molar-refractivity contribution in [2.45, 2.75) is 25.8 Å². The number of hydrogen-bond acceptors (Lipinski definition) is 6. The molecular weight excluding hydrogens is 556 g/mol. The van der Waals surface area contributed by atoms with E-state index in [0.29, 0.717) is 22.6 Å². The Kier molecular flexibility index (Phi) is 6.19. The van der Waals surface area contributed by atoms with E-state index in [1.807, 2.05) is 29.7 Å². The summed E-state index contributed by atoms with van der Waals surface area (Å²) in [7, 11) is 1.62. The summed E-state index contributed by atoms with van der Waals surface area (Å²) < 4.78 is 14.6. The number of thiazole rings is 1. The van der Waals surface area contributed by atoms with Crippen LogP contribution in [0.4, 0.5) is 0 Å². The zero-order chi connectivity index (χ0) is 24.8. The van der Waals surface area contributed by atoms with Gasteiger partial charge >= 0.3 is 0 Å². The largest absolute Gasteiger partial charge is 0.493 e. The molecule has 0 amide bonds. The number of rotatable bonds is 5. The summed E-state index contributed by atoms with van der Waals surface area (Å²) in [5, 5.41) is 2.08. The lowest BCUT2D eigenvalue weighted by Crippen LogP contribution is -2.38. The third-order valence-electron chi connectivity index (χ3n) is 6.52. The van der Waals surface area contributed by atoms with Gasteiger partial charge in [0.15, 0.2) is 16.3 Å². The summed E-state index contributed by atoms with van der Waals surface area (Å²) >= 11 is 6.71. The normalized spacial score (nSPS) is 16.8. The number of aromatic nitrogens is 1. The van der Waals surface area contributed by atoms with Gasteiger partial charge in [0.1, 0.15) is 0 Å². The van der Waals surface area contributed by atoms with E-state index in [0.717, 1.165) is 38.3 Å².